The molecule has 2 aromatic carbocycles. The number of amides is 1. The second-order valence-corrected chi connectivity index (χ2v) is 6.92. The van der Waals surface area contributed by atoms with Crippen molar-refractivity contribution in [1.82, 2.24) is 5.32 Å². The summed E-state index contributed by atoms with van der Waals surface area (Å²) in [6.07, 6.45) is 1.03. The van der Waals surface area contributed by atoms with Crippen LogP contribution in [0, 0.1) is 0 Å². The first-order valence-electron chi connectivity index (χ1n) is 8.01. The maximum absolute atomic E-state index is 12.4. The van der Waals surface area contributed by atoms with E-state index in [1.54, 1.807) is 25.3 Å². The standard InChI is InChI=1S/C19H21BrN2O2S/c1-4-12(2)14-7-5-6-8-16(14)21-19(25)22-18(23)13-9-10-17(24-3)15(20)11-13/h5-12H,4H2,1-3H3,(H2,21,22,23,25)/t12-/m1/s1. The Morgan fingerprint density at radius 1 is 1.28 bits per heavy atom. The van der Waals surface area contributed by atoms with Gasteiger partial charge in [-0.05, 0) is 70.3 Å². The molecule has 2 N–H and O–H groups in total. The highest BCUT2D eigenvalue weighted by molar-refractivity contribution is 9.10. The molecule has 2 aromatic rings. The number of anilines is 1. The second kappa shape index (κ2) is 8.97. The topological polar surface area (TPSA) is 50.4 Å². The molecular weight excluding hydrogens is 400 g/mol. The summed E-state index contributed by atoms with van der Waals surface area (Å²) in [5.41, 5.74) is 2.58. The van der Waals surface area contributed by atoms with Crippen LogP contribution in [0.5, 0.6) is 5.75 Å². The molecule has 0 aliphatic carbocycles. The summed E-state index contributed by atoms with van der Waals surface area (Å²) in [4.78, 5) is 12.4. The fourth-order valence-corrected chi connectivity index (χ4v) is 3.14. The van der Waals surface area contributed by atoms with Crippen LogP contribution in [0.25, 0.3) is 0 Å². The van der Waals surface area contributed by atoms with Crippen molar-refractivity contribution in [2.24, 2.45) is 0 Å². The summed E-state index contributed by atoms with van der Waals surface area (Å²) in [5, 5.41) is 6.11. The van der Waals surface area contributed by atoms with Crippen LogP contribution in [0.3, 0.4) is 0 Å². The third-order valence-electron chi connectivity index (χ3n) is 3.99. The van der Waals surface area contributed by atoms with Crippen LogP contribution in [0.4, 0.5) is 5.69 Å². The molecule has 0 heterocycles. The van der Waals surface area contributed by atoms with Crippen LogP contribution in [0.15, 0.2) is 46.9 Å². The van der Waals surface area contributed by atoms with E-state index in [2.05, 4.69) is 46.5 Å². The lowest BCUT2D eigenvalue weighted by molar-refractivity contribution is 0.0977. The molecule has 0 fully saturated rings. The molecule has 4 nitrogen and oxygen atoms in total. The number of methoxy groups -OCH3 is 1. The van der Waals surface area contributed by atoms with Gasteiger partial charge in [-0.25, -0.2) is 0 Å². The second-order valence-electron chi connectivity index (χ2n) is 5.65. The Labute approximate surface area is 162 Å². The zero-order chi connectivity index (χ0) is 18.4. The van der Waals surface area contributed by atoms with E-state index in [9.17, 15) is 4.79 Å². The van der Waals surface area contributed by atoms with Gasteiger partial charge in [0.25, 0.3) is 5.91 Å². The summed E-state index contributed by atoms with van der Waals surface area (Å²) < 4.78 is 5.88. The van der Waals surface area contributed by atoms with E-state index in [0.717, 1.165) is 12.1 Å². The van der Waals surface area contributed by atoms with E-state index < -0.39 is 0 Å². The number of rotatable bonds is 5. The highest BCUT2D eigenvalue weighted by atomic mass is 79.9. The molecule has 0 bridgehead atoms. The van der Waals surface area contributed by atoms with Crippen molar-refractivity contribution in [1.29, 1.82) is 0 Å². The van der Waals surface area contributed by atoms with Crippen LogP contribution in [0.2, 0.25) is 0 Å². The lowest BCUT2D eigenvalue weighted by Crippen LogP contribution is -2.34. The lowest BCUT2D eigenvalue weighted by Gasteiger charge is -2.17. The van der Waals surface area contributed by atoms with Crippen molar-refractivity contribution in [2.75, 3.05) is 12.4 Å². The quantitative estimate of drug-likeness (QED) is 0.660. The Kier molecular flexibility index (Phi) is 6.96. The highest BCUT2D eigenvalue weighted by Crippen LogP contribution is 2.27. The van der Waals surface area contributed by atoms with Gasteiger partial charge in [0.1, 0.15) is 5.75 Å². The molecule has 0 saturated heterocycles. The molecule has 0 unspecified atom stereocenters. The van der Waals surface area contributed by atoms with E-state index in [-0.39, 0.29) is 11.0 Å². The number of benzene rings is 2. The van der Waals surface area contributed by atoms with E-state index >= 15 is 0 Å². The molecular formula is C19H21BrN2O2S. The van der Waals surface area contributed by atoms with Crippen molar-refractivity contribution < 1.29 is 9.53 Å². The van der Waals surface area contributed by atoms with Gasteiger partial charge in [0.2, 0.25) is 0 Å². The first-order valence-corrected chi connectivity index (χ1v) is 9.21. The molecule has 1 atom stereocenters. The smallest absolute Gasteiger partial charge is 0.257 e. The van der Waals surface area contributed by atoms with Crippen LogP contribution >= 0.6 is 28.1 Å². The van der Waals surface area contributed by atoms with E-state index in [0.29, 0.717) is 21.7 Å². The Morgan fingerprint density at radius 2 is 2.00 bits per heavy atom. The van der Waals surface area contributed by atoms with Gasteiger partial charge in [-0.1, -0.05) is 32.0 Å². The highest BCUT2D eigenvalue weighted by Gasteiger charge is 2.13. The summed E-state index contributed by atoms with van der Waals surface area (Å²) >= 11 is 8.67. The molecule has 2 rings (SSSR count). The van der Waals surface area contributed by atoms with E-state index in [1.807, 2.05) is 18.2 Å². The number of carbonyl (C=O) groups excluding carboxylic acids is 1. The van der Waals surface area contributed by atoms with Gasteiger partial charge in [-0.15, -0.1) is 0 Å². The van der Waals surface area contributed by atoms with E-state index in [1.165, 1.54) is 5.56 Å². The average Bonchev–Trinajstić information content (AvgIpc) is 2.61. The minimum absolute atomic E-state index is 0.271. The third-order valence-corrected chi connectivity index (χ3v) is 4.82. The molecule has 6 heteroatoms. The zero-order valence-corrected chi connectivity index (χ0v) is 16.8. The van der Waals surface area contributed by atoms with Crippen molar-refractivity contribution in [3.05, 3.63) is 58.1 Å². The number of halogens is 1. The van der Waals surface area contributed by atoms with Crippen molar-refractivity contribution in [3.8, 4) is 5.75 Å². The van der Waals surface area contributed by atoms with Gasteiger partial charge in [0.15, 0.2) is 5.11 Å². The Balaban J connectivity index is 2.08. The molecule has 0 aromatic heterocycles. The summed E-state index contributed by atoms with van der Waals surface area (Å²) in [6, 6.07) is 13.1. The summed E-state index contributed by atoms with van der Waals surface area (Å²) in [7, 11) is 1.58. The Hall–Kier alpha value is -1.92. The fourth-order valence-electron chi connectivity index (χ4n) is 2.40. The van der Waals surface area contributed by atoms with Gasteiger partial charge in [-0.3, -0.25) is 10.1 Å². The maximum Gasteiger partial charge on any atom is 0.257 e. The molecule has 0 spiro atoms. The van der Waals surface area contributed by atoms with Gasteiger partial charge in [0.05, 0.1) is 11.6 Å². The van der Waals surface area contributed by atoms with E-state index in [4.69, 9.17) is 17.0 Å². The number of thiocarbonyl (C=S) groups is 1. The number of nitrogens with one attached hydrogen (secondary N) is 2. The number of hydrogen-bond donors (Lipinski definition) is 2. The minimum Gasteiger partial charge on any atom is -0.496 e. The number of para-hydroxylation sites is 1. The van der Waals surface area contributed by atoms with Gasteiger partial charge >= 0.3 is 0 Å². The molecule has 132 valence electrons. The number of ether oxygens (including phenoxy) is 1. The molecule has 0 aliphatic heterocycles. The monoisotopic (exact) mass is 420 g/mol. The fraction of sp³-hybridized carbons (Fsp3) is 0.263. The van der Waals surface area contributed by atoms with Crippen molar-refractivity contribution in [3.63, 3.8) is 0 Å². The Morgan fingerprint density at radius 3 is 2.64 bits per heavy atom. The number of carbonyl (C=O) groups is 1. The van der Waals surface area contributed by atoms with Crippen molar-refractivity contribution >= 4 is 44.9 Å². The predicted octanol–water partition coefficient (Wildman–Crippen LogP) is 5.10. The maximum atomic E-state index is 12.4. The molecule has 1 amide bonds. The van der Waals surface area contributed by atoms with Gasteiger partial charge < -0.3 is 10.1 Å². The normalized spacial score (nSPS) is 11.5. The van der Waals surface area contributed by atoms with Crippen LogP contribution < -0.4 is 15.4 Å². The summed E-state index contributed by atoms with van der Waals surface area (Å²) in [6.45, 7) is 4.31. The largest absolute Gasteiger partial charge is 0.496 e. The molecule has 0 radical (unpaired) electrons. The molecule has 25 heavy (non-hydrogen) atoms. The Bertz CT molecular complexity index is 780. The minimum atomic E-state index is -0.276. The average molecular weight is 421 g/mol. The lowest BCUT2D eigenvalue weighted by atomic mass is 9.97. The van der Waals surface area contributed by atoms with Crippen LogP contribution in [-0.4, -0.2) is 18.1 Å². The third kappa shape index (κ3) is 5.03. The first-order chi connectivity index (χ1) is 12.0. The number of hydrogen-bond acceptors (Lipinski definition) is 3. The predicted molar refractivity (Wildman–Crippen MR) is 110 cm³/mol. The first kappa shape index (κ1) is 19.4. The molecule has 0 aliphatic rings. The van der Waals surface area contributed by atoms with Gasteiger partial charge in [0, 0.05) is 11.3 Å². The zero-order valence-electron chi connectivity index (χ0n) is 14.4. The van der Waals surface area contributed by atoms with Gasteiger partial charge in [-0.2, -0.15) is 0 Å². The van der Waals surface area contributed by atoms with Crippen molar-refractivity contribution in [2.45, 2.75) is 26.2 Å². The van der Waals surface area contributed by atoms with Crippen LogP contribution in [0.1, 0.15) is 42.1 Å². The summed E-state index contributed by atoms with van der Waals surface area (Å²) in [5.74, 6) is 0.793. The van der Waals surface area contributed by atoms with Crippen LogP contribution in [-0.2, 0) is 0 Å². The molecule has 0 saturated carbocycles. The SMILES string of the molecule is CC[C@@H](C)c1ccccc1NC(=S)NC(=O)c1ccc(OC)c(Br)c1.